The molecule has 0 aromatic carbocycles. The molecule has 0 aliphatic heterocycles. The van der Waals surface area contributed by atoms with Crippen LogP contribution in [-0.4, -0.2) is 6.16 Å². The van der Waals surface area contributed by atoms with Crippen molar-refractivity contribution in [1.29, 1.82) is 0 Å². The third-order valence-electron chi connectivity index (χ3n) is 0.0879. The molecule has 0 saturated heterocycles. The van der Waals surface area contributed by atoms with Gasteiger partial charge in [-0.2, -0.15) is 0 Å². The summed E-state index contributed by atoms with van der Waals surface area (Å²) in [7, 11) is 0. The molecule has 0 aromatic heterocycles. The number of carbonyl (C=O) groups excluding carboxylic acids is 1. The SMILES string of the molecule is O=C(F)NS. The molecular weight excluding hydrogens is 93.1 g/mol. The van der Waals surface area contributed by atoms with E-state index in [4.69, 9.17) is 4.79 Å². The summed E-state index contributed by atoms with van der Waals surface area (Å²) < 4.78 is 12.0. The Hall–Kier alpha value is -0.250. The summed E-state index contributed by atoms with van der Waals surface area (Å²) in [4.78, 5) is 8.96. The fourth-order valence-corrected chi connectivity index (χ4v) is 0. The van der Waals surface area contributed by atoms with Gasteiger partial charge in [0.15, 0.2) is 0 Å². The van der Waals surface area contributed by atoms with Gasteiger partial charge in [-0.1, -0.05) is 12.8 Å². The normalized spacial score (nSPS) is 6.80. The van der Waals surface area contributed by atoms with Crippen LogP contribution >= 0.6 is 12.8 Å². The molecule has 30 valence electrons. The summed E-state index contributed by atoms with van der Waals surface area (Å²) in [6.45, 7) is 0. The maximum atomic E-state index is 10.6. The molecule has 0 aliphatic carbocycles. The highest BCUT2D eigenvalue weighted by molar-refractivity contribution is 7.78. The highest BCUT2D eigenvalue weighted by Crippen LogP contribution is 1.67. The van der Waals surface area contributed by atoms with Crippen LogP contribution in [0, 0.1) is 0 Å². The van der Waals surface area contributed by atoms with E-state index in [9.17, 15) is 4.39 Å². The van der Waals surface area contributed by atoms with Crippen molar-refractivity contribution in [3.63, 3.8) is 0 Å². The molecule has 5 heavy (non-hydrogen) atoms. The highest BCUT2D eigenvalue weighted by atomic mass is 32.1. The second-order valence-electron chi connectivity index (χ2n) is 0.386. The lowest BCUT2D eigenvalue weighted by Gasteiger charge is -1.73. The van der Waals surface area contributed by atoms with Gasteiger partial charge in [-0.3, -0.25) is 4.72 Å². The number of hydrogen-bond acceptors (Lipinski definition) is 2. The van der Waals surface area contributed by atoms with Gasteiger partial charge in [0.1, 0.15) is 0 Å². The van der Waals surface area contributed by atoms with Gasteiger partial charge in [-0.15, -0.1) is 4.39 Å². The Morgan fingerprint density at radius 2 is 2.20 bits per heavy atom. The van der Waals surface area contributed by atoms with Gasteiger partial charge >= 0.3 is 6.16 Å². The summed E-state index contributed by atoms with van der Waals surface area (Å²) in [5.41, 5.74) is 0. The summed E-state index contributed by atoms with van der Waals surface area (Å²) in [5, 5.41) is 0. The topological polar surface area (TPSA) is 29.1 Å². The van der Waals surface area contributed by atoms with Gasteiger partial charge in [0.05, 0.1) is 0 Å². The Bertz CT molecular complexity index is 46.9. The number of amides is 1. The lowest BCUT2D eigenvalue weighted by atomic mass is 11.4. The zero-order chi connectivity index (χ0) is 4.28. The molecule has 0 heterocycles. The van der Waals surface area contributed by atoms with Gasteiger partial charge in [-0.25, -0.2) is 4.79 Å². The van der Waals surface area contributed by atoms with Crippen LogP contribution < -0.4 is 4.72 Å². The van der Waals surface area contributed by atoms with Crippen LogP contribution in [0.4, 0.5) is 9.18 Å². The van der Waals surface area contributed by atoms with Crippen LogP contribution in [0.3, 0.4) is 0 Å². The summed E-state index contributed by atoms with van der Waals surface area (Å²) in [6, 6.07) is 0. The molecule has 4 heteroatoms. The van der Waals surface area contributed by atoms with Crippen LogP contribution in [0.1, 0.15) is 0 Å². The first-order valence-electron chi connectivity index (χ1n) is 0.867. The average Bonchev–Trinajstić information content (AvgIpc) is 1.38. The molecule has 2 nitrogen and oxygen atoms in total. The second-order valence-corrected chi connectivity index (χ2v) is 0.609. The molecule has 1 N–H and O–H groups in total. The predicted molar refractivity (Wildman–Crippen MR) is 18.6 cm³/mol. The standard InChI is InChI=1S/CH2FNOS/c2-1(4)3-5/h5H,(H,3,4). The third kappa shape index (κ3) is 3.75. The molecule has 0 bridgehead atoms. The zero-order valence-corrected chi connectivity index (χ0v) is 3.13. The van der Waals surface area contributed by atoms with Gasteiger partial charge in [0.25, 0.3) is 0 Å². The van der Waals surface area contributed by atoms with Crippen molar-refractivity contribution in [2.24, 2.45) is 0 Å². The van der Waals surface area contributed by atoms with Gasteiger partial charge in [0, 0.05) is 0 Å². The first-order valence-corrected chi connectivity index (χ1v) is 1.31. The highest BCUT2D eigenvalue weighted by Gasteiger charge is 1.81. The minimum atomic E-state index is -1.63. The van der Waals surface area contributed by atoms with E-state index >= 15 is 0 Å². The van der Waals surface area contributed by atoms with Crippen LogP contribution in [-0.2, 0) is 0 Å². The maximum Gasteiger partial charge on any atom is 0.407 e. The fraction of sp³-hybridized carbons (Fsp3) is 0. The minimum Gasteiger partial charge on any atom is -0.274 e. The lowest BCUT2D eigenvalue weighted by molar-refractivity contribution is 0.228. The number of thiol groups is 1. The molecule has 1 amide bonds. The Morgan fingerprint density at radius 1 is 2.00 bits per heavy atom. The number of halogens is 1. The van der Waals surface area contributed by atoms with Crippen molar-refractivity contribution in [3.8, 4) is 0 Å². The maximum absolute atomic E-state index is 10.6. The first-order chi connectivity index (χ1) is 2.27. The Labute approximate surface area is 33.9 Å². The summed E-state index contributed by atoms with van der Waals surface area (Å²) >= 11 is 3.04. The van der Waals surface area contributed by atoms with Gasteiger partial charge in [0.2, 0.25) is 0 Å². The monoisotopic (exact) mass is 95.0 g/mol. The zero-order valence-electron chi connectivity index (χ0n) is 2.23. The number of nitrogens with one attached hydrogen (secondary N) is 1. The lowest BCUT2D eigenvalue weighted by Crippen LogP contribution is -1.99. The van der Waals surface area contributed by atoms with E-state index < -0.39 is 6.16 Å². The van der Waals surface area contributed by atoms with Crippen molar-refractivity contribution in [1.82, 2.24) is 4.72 Å². The molecule has 0 fully saturated rings. The fourth-order valence-electron chi connectivity index (χ4n) is 0. The van der Waals surface area contributed by atoms with Crippen LogP contribution in [0.25, 0.3) is 0 Å². The Balaban J connectivity index is 2.85. The van der Waals surface area contributed by atoms with E-state index in [0.29, 0.717) is 0 Å². The molecule has 0 radical (unpaired) electrons. The Kier molecular flexibility index (Phi) is 1.92. The smallest absolute Gasteiger partial charge is 0.274 e. The molecule has 0 atom stereocenters. The molecule has 0 unspecified atom stereocenters. The van der Waals surface area contributed by atoms with Gasteiger partial charge < -0.3 is 0 Å². The first kappa shape index (κ1) is 4.75. The number of hydrogen-bond donors (Lipinski definition) is 2. The van der Waals surface area contributed by atoms with E-state index in [1.165, 1.54) is 4.72 Å². The van der Waals surface area contributed by atoms with E-state index in [2.05, 4.69) is 12.8 Å². The van der Waals surface area contributed by atoms with E-state index in [0.717, 1.165) is 0 Å². The van der Waals surface area contributed by atoms with Crippen molar-refractivity contribution in [2.75, 3.05) is 0 Å². The molecular formula is CH2FNOS. The molecule has 0 rings (SSSR count). The molecule has 0 saturated carbocycles. The summed E-state index contributed by atoms with van der Waals surface area (Å²) in [6.07, 6.45) is -1.63. The second kappa shape index (κ2) is 2.02. The quantitative estimate of drug-likeness (QED) is 0.256. The average molecular weight is 95.1 g/mol. The van der Waals surface area contributed by atoms with Gasteiger partial charge in [-0.05, 0) is 0 Å². The molecule has 0 spiro atoms. The Morgan fingerprint density at radius 3 is 2.20 bits per heavy atom. The summed E-state index contributed by atoms with van der Waals surface area (Å²) in [5.74, 6) is 0. The number of carbonyl (C=O) groups is 1. The van der Waals surface area contributed by atoms with E-state index in [-0.39, 0.29) is 0 Å². The van der Waals surface area contributed by atoms with Crippen molar-refractivity contribution in [3.05, 3.63) is 0 Å². The van der Waals surface area contributed by atoms with Crippen molar-refractivity contribution < 1.29 is 9.18 Å². The van der Waals surface area contributed by atoms with Crippen LogP contribution in [0.15, 0.2) is 0 Å². The molecule has 0 aromatic rings. The third-order valence-corrected chi connectivity index (χ3v) is 0.264. The minimum absolute atomic E-state index is 1.42. The number of rotatable bonds is 0. The largest absolute Gasteiger partial charge is 0.407 e. The van der Waals surface area contributed by atoms with Crippen LogP contribution in [0.2, 0.25) is 0 Å². The molecule has 0 aliphatic rings. The van der Waals surface area contributed by atoms with Crippen molar-refractivity contribution >= 4 is 19.0 Å². The predicted octanol–water partition coefficient (Wildman–Crippen LogP) is 0.510. The van der Waals surface area contributed by atoms with Crippen molar-refractivity contribution in [2.45, 2.75) is 0 Å². The van der Waals surface area contributed by atoms with Crippen LogP contribution in [0.5, 0.6) is 0 Å². The van der Waals surface area contributed by atoms with E-state index in [1.807, 2.05) is 0 Å². The van der Waals surface area contributed by atoms with E-state index in [1.54, 1.807) is 0 Å².